The molecule has 2 aromatic rings. The third-order valence-corrected chi connectivity index (χ3v) is 3.97. The van der Waals surface area contributed by atoms with Crippen molar-refractivity contribution in [3.05, 3.63) is 65.5 Å². The number of nitrogens with zero attached hydrogens (tertiary/aromatic N) is 3. The maximum Gasteiger partial charge on any atom is 0.274 e. The molecule has 112 valence electrons. The predicted molar refractivity (Wildman–Crippen MR) is 86.8 cm³/mol. The van der Waals surface area contributed by atoms with Gasteiger partial charge in [-0.05, 0) is 38.5 Å². The number of aromatic nitrogens is 1. The molecule has 0 radical (unpaired) electrons. The number of rotatable bonds is 2. The zero-order valence-corrected chi connectivity index (χ0v) is 13.1. The van der Waals surface area contributed by atoms with Crippen molar-refractivity contribution >= 4 is 11.6 Å². The van der Waals surface area contributed by atoms with E-state index in [1.165, 1.54) is 5.56 Å². The normalized spacial score (nSPS) is 16.5. The summed E-state index contributed by atoms with van der Waals surface area (Å²) in [6.07, 6.45) is 4.00. The highest BCUT2D eigenvalue weighted by Gasteiger charge is 2.39. The standard InChI is InChI=1S/C18H19N3O/c1-13-6-4-5-7-15(13)16-12-18(2,3)21(20-16)17(22)14-8-10-19-11-9-14/h4-11H,12H2,1-3H3. The lowest BCUT2D eigenvalue weighted by molar-refractivity contribution is 0.0612. The second-order valence-electron chi connectivity index (χ2n) is 6.20. The summed E-state index contributed by atoms with van der Waals surface area (Å²) in [5, 5.41) is 6.23. The number of hydrogen-bond acceptors (Lipinski definition) is 3. The lowest BCUT2D eigenvalue weighted by Crippen LogP contribution is -2.40. The molecule has 22 heavy (non-hydrogen) atoms. The Morgan fingerprint density at radius 3 is 2.50 bits per heavy atom. The van der Waals surface area contributed by atoms with Gasteiger partial charge in [-0.2, -0.15) is 5.10 Å². The minimum atomic E-state index is -0.335. The van der Waals surface area contributed by atoms with Gasteiger partial charge in [0.05, 0.1) is 11.3 Å². The van der Waals surface area contributed by atoms with Gasteiger partial charge in [-0.15, -0.1) is 0 Å². The maximum atomic E-state index is 12.7. The molecule has 1 amide bonds. The van der Waals surface area contributed by atoms with E-state index < -0.39 is 0 Å². The van der Waals surface area contributed by atoms with E-state index >= 15 is 0 Å². The molecule has 1 aromatic heterocycles. The van der Waals surface area contributed by atoms with Gasteiger partial charge in [0.25, 0.3) is 5.91 Å². The molecule has 1 aliphatic rings. The summed E-state index contributed by atoms with van der Waals surface area (Å²) in [4.78, 5) is 16.7. The first-order valence-electron chi connectivity index (χ1n) is 7.37. The summed E-state index contributed by atoms with van der Waals surface area (Å²) in [5.41, 5.74) is 3.53. The fourth-order valence-electron chi connectivity index (χ4n) is 2.76. The van der Waals surface area contributed by atoms with E-state index in [1.54, 1.807) is 29.5 Å². The fraction of sp³-hybridized carbons (Fsp3) is 0.278. The van der Waals surface area contributed by atoms with Crippen LogP contribution in [0.3, 0.4) is 0 Å². The molecule has 0 spiro atoms. The molecule has 0 unspecified atom stereocenters. The quantitative estimate of drug-likeness (QED) is 0.851. The first kappa shape index (κ1) is 14.4. The van der Waals surface area contributed by atoms with Gasteiger partial charge in [0.1, 0.15) is 0 Å². The van der Waals surface area contributed by atoms with E-state index in [0.717, 1.165) is 17.7 Å². The molecule has 0 aliphatic carbocycles. The van der Waals surface area contributed by atoms with Crippen molar-refractivity contribution in [3.8, 4) is 0 Å². The van der Waals surface area contributed by atoms with Crippen molar-refractivity contribution < 1.29 is 4.79 Å². The molecule has 0 atom stereocenters. The molecule has 0 saturated heterocycles. The number of carbonyl (C=O) groups is 1. The van der Waals surface area contributed by atoms with Crippen LogP contribution in [0.5, 0.6) is 0 Å². The lowest BCUT2D eigenvalue weighted by atomic mass is 9.93. The maximum absolute atomic E-state index is 12.7. The van der Waals surface area contributed by atoms with Crippen LogP contribution < -0.4 is 0 Å². The molecule has 0 N–H and O–H groups in total. The number of aryl methyl sites for hydroxylation is 1. The van der Waals surface area contributed by atoms with Crippen LogP contribution in [0.1, 0.15) is 41.8 Å². The van der Waals surface area contributed by atoms with Crippen LogP contribution in [0.15, 0.2) is 53.9 Å². The van der Waals surface area contributed by atoms with Crippen molar-refractivity contribution in [2.75, 3.05) is 0 Å². The first-order chi connectivity index (χ1) is 10.5. The van der Waals surface area contributed by atoms with E-state index in [1.807, 2.05) is 26.0 Å². The van der Waals surface area contributed by atoms with E-state index in [-0.39, 0.29) is 11.4 Å². The number of hydrogen-bond donors (Lipinski definition) is 0. The van der Waals surface area contributed by atoms with Gasteiger partial charge >= 0.3 is 0 Å². The monoisotopic (exact) mass is 293 g/mol. The molecule has 3 rings (SSSR count). The van der Waals surface area contributed by atoms with Gasteiger partial charge in [-0.25, -0.2) is 5.01 Å². The van der Waals surface area contributed by atoms with Gasteiger partial charge in [-0.3, -0.25) is 9.78 Å². The van der Waals surface area contributed by atoms with E-state index in [0.29, 0.717) is 5.56 Å². The molecule has 0 bridgehead atoms. The summed E-state index contributed by atoms with van der Waals surface area (Å²) in [5.74, 6) is -0.0871. The average molecular weight is 293 g/mol. The Kier molecular flexibility index (Phi) is 3.53. The summed E-state index contributed by atoms with van der Waals surface area (Å²) < 4.78 is 0. The van der Waals surface area contributed by atoms with Crippen molar-refractivity contribution in [3.63, 3.8) is 0 Å². The predicted octanol–water partition coefficient (Wildman–Crippen LogP) is 3.42. The SMILES string of the molecule is Cc1ccccc1C1=NN(C(=O)c2ccncc2)C(C)(C)C1. The summed E-state index contributed by atoms with van der Waals surface area (Å²) >= 11 is 0. The summed E-state index contributed by atoms with van der Waals surface area (Å²) in [6.45, 7) is 6.15. The number of pyridine rings is 1. The van der Waals surface area contributed by atoms with Gasteiger partial charge in [0.15, 0.2) is 0 Å². The second-order valence-corrected chi connectivity index (χ2v) is 6.20. The minimum absolute atomic E-state index is 0.0871. The molecule has 1 aliphatic heterocycles. The van der Waals surface area contributed by atoms with Crippen molar-refractivity contribution in [1.29, 1.82) is 0 Å². The van der Waals surface area contributed by atoms with E-state index in [4.69, 9.17) is 0 Å². The Balaban J connectivity index is 1.98. The molecular weight excluding hydrogens is 274 g/mol. The number of hydrazone groups is 1. The smallest absolute Gasteiger partial charge is 0.267 e. The Bertz CT molecular complexity index is 735. The highest BCUT2D eigenvalue weighted by Crippen LogP contribution is 2.31. The topological polar surface area (TPSA) is 45.6 Å². The summed E-state index contributed by atoms with van der Waals surface area (Å²) in [6, 6.07) is 11.6. The Morgan fingerprint density at radius 2 is 1.82 bits per heavy atom. The van der Waals surface area contributed by atoms with Crippen LogP contribution in [-0.4, -0.2) is 27.2 Å². The van der Waals surface area contributed by atoms with Gasteiger partial charge < -0.3 is 0 Å². The number of benzene rings is 1. The van der Waals surface area contributed by atoms with Crippen LogP contribution in [0.25, 0.3) is 0 Å². The number of carbonyl (C=O) groups excluding carboxylic acids is 1. The molecule has 4 heteroatoms. The van der Waals surface area contributed by atoms with E-state index in [9.17, 15) is 4.79 Å². The van der Waals surface area contributed by atoms with Crippen LogP contribution in [-0.2, 0) is 0 Å². The van der Waals surface area contributed by atoms with Gasteiger partial charge in [-0.1, -0.05) is 24.3 Å². The summed E-state index contributed by atoms with van der Waals surface area (Å²) in [7, 11) is 0. The van der Waals surface area contributed by atoms with E-state index in [2.05, 4.69) is 29.1 Å². The van der Waals surface area contributed by atoms with Crippen LogP contribution >= 0.6 is 0 Å². The molecule has 0 fully saturated rings. The van der Waals surface area contributed by atoms with Crippen molar-refractivity contribution in [2.24, 2.45) is 5.10 Å². The minimum Gasteiger partial charge on any atom is -0.267 e. The third kappa shape index (κ3) is 2.52. The van der Waals surface area contributed by atoms with Crippen molar-refractivity contribution in [2.45, 2.75) is 32.7 Å². The Labute approximate surface area is 130 Å². The highest BCUT2D eigenvalue weighted by molar-refractivity contribution is 6.06. The average Bonchev–Trinajstić information content (AvgIpc) is 2.83. The van der Waals surface area contributed by atoms with Gasteiger partial charge in [0, 0.05) is 29.9 Å². The molecular formula is C18H19N3O. The molecule has 2 heterocycles. The lowest BCUT2D eigenvalue weighted by Gasteiger charge is -2.28. The Morgan fingerprint density at radius 1 is 1.14 bits per heavy atom. The highest BCUT2D eigenvalue weighted by atomic mass is 16.2. The zero-order chi connectivity index (χ0) is 15.7. The molecule has 4 nitrogen and oxygen atoms in total. The zero-order valence-electron chi connectivity index (χ0n) is 13.1. The van der Waals surface area contributed by atoms with Gasteiger partial charge in [0.2, 0.25) is 0 Å². The second kappa shape index (κ2) is 5.37. The largest absolute Gasteiger partial charge is 0.274 e. The molecule has 1 aromatic carbocycles. The third-order valence-electron chi connectivity index (χ3n) is 3.97. The molecule has 0 saturated carbocycles. The first-order valence-corrected chi connectivity index (χ1v) is 7.37. The van der Waals surface area contributed by atoms with Crippen LogP contribution in [0, 0.1) is 6.92 Å². The van der Waals surface area contributed by atoms with Crippen LogP contribution in [0.4, 0.5) is 0 Å². The van der Waals surface area contributed by atoms with Crippen molar-refractivity contribution in [1.82, 2.24) is 9.99 Å². The Hall–Kier alpha value is -2.49. The number of amides is 1. The fourth-order valence-corrected chi connectivity index (χ4v) is 2.76. The van der Waals surface area contributed by atoms with Crippen LogP contribution in [0.2, 0.25) is 0 Å².